The predicted molar refractivity (Wildman–Crippen MR) is 160 cm³/mol. The molecule has 3 rings (SSSR count). The molecule has 0 amide bonds. The molecule has 0 unspecified atom stereocenters. The van der Waals surface area contributed by atoms with Gasteiger partial charge in [-0.2, -0.15) is 0 Å². The van der Waals surface area contributed by atoms with Crippen molar-refractivity contribution in [1.82, 2.24) is 0 Å². The predicted octanol–water partition coefficient (Wildman–Crippen LogP) is 6.97. The summed E-state index contributed by atoms with van der Waals surface area (Å²) in [5.41, 5.74) is 5.55. The molecule has 0 saturated heterocycles. The Labute approximate surface area is 241 Å². The second kappa shape index (κ2) is 15.1. The van der Waals surface area contributed by atoms with Crippen molar-refractivity contribution in [1.29, 1.82) is 0 Å². The molecule has 0 radical (unpaired) electrons. The van der Waals surface area contributed by atoms with Gasteiger partial charge >= 0.3 is 11.9 Å². The van der Waals surface area contributed by atoms with Gasteiger partial charge < -0.3 is 23.7 Å². The third-order valence-corrected chi connectivity index (χ3v) is 5.64. The maximum atomic E-state index is 11.6. The summed E-state index contributed by atoms with van der Waals surface area (Å²) >= 11 is 0. The molecule has 0 bridgehead atoms. The Bertz CT molecular complexity index is 1330. The molecule has 0 aliphatic carbocycles. The maximum Gasteiger partial charge on any atom is 0.333 e. The van der Waals surface area contributed by atoms with Crippen LogP contribution in [0.4, 0.5) is 0 Å². The molecule has 7 nitrogen and oxygen atoms in total. The number of hydrogen-bond donors (Lipinski definition) is 0. The van der Waals surface area contributed by atoms with Crippen LogP contribution >= 0.6 is 0 Å². The van der Waals surface area contributed by atoms with Gasteiger partial charge in [-0.25, -0.2) is 9.59 Å². The lowest BCUT2D eigenvalue weighted by molar-refractivity contribution is -0.140. The lowest BCUT2D eigenvalue weighted by Gasteiger charge is -2.14. The Hall–Kier alpha value is -4.78. The molecule has 214 valence electrons. The number of rotatable bonds is 15. The van der Waals surface area contributed by atoms with E-state index in [0.29, 0.717) is 29.3 Å². The van der Waals surface area contributed by atoms with Crippen LogP contribution in [-0.4, -0.2) is 45.0 Å². The van der Waals surface area contributed by atoms with Crippen molar-refractivity contribution in [2.24, 2.45) is 0 Å². The molecule has 0 N–H and O–H groups in total. The molecular formula is C34H36O7. The van der Waals surface area contributed by atoms with Crippen LogP contribution in [0.15, 0.2) is 103 Å². The van der Waals surface area contributed by atoms with E-state index in [-0.39, 0.29) is 26.4 Å². The second-order valence-electron chi connectivity index (χ2n) is 9.57. The normalized spacial score (nSPS) is 10.3. The third-order valence-electron chi connectivity index (χ3n) is 5.64. The van der Waals surface area contributed by atoms with Gasteiger partial charge in [0.1, 0.15) is 50.3 Å². The van der Waals surface area contributed by atoms with Crippen molar-refractivity contribution in [3.05, 3.63) is 103 Å². The number of benzene rings is 3. The van der Waals surface area contributed by atoms with Gasteiger partial charge in [0, 0.05) is 17.2 Å². The van der Waals surface area contributed by atoms with Crippen LogP contribution in [0.2, 0.25) is 0 Å². The zero-order chi connectivity index (χ0) is 29.8. The fourth-order valence-electron chi connectivity index (χ4n) is 3.54. The minimum Gasteiger partial charge on any atom is -0.490 e. The Morgan fingerprint density at radius 1 is 0.537 bits per heavy atom. The van der Waals surface area contributed by atoms with Crippen LogP contribution in [0.1, 0.15) is 20.8 Å². The van der Waals surface area contributed by atoms with Gasteiger partial charge in [0.25, 0.3) is 0 Å². The first-order valence-electron chi connectivity index (χ1n) is 13.2. The zero-order valence-corrected chi connectivity index (χ0v) is 23.9. The van der Waals surface area contributed by atoms with Gasteiger partial charge in [0.05, 0.1) is 0 Å². The smallest absolute Gasteiger partial charge is 0.333 e. The van der Waals surface area contributed by atoms with Crippen molar-refractivity contribution < 1.29 is 33.3 Å². The van der Waals surface area contributed by atoms with Crippen molar-refractivity contribution in [2.45, 2.75) is 20.8 Å². The Kier molecular flexibility index (Phi) is 11.3. The van der Waals surface area contributed by atoms with Crippen molar-refractivity contribution in [3.8, 4) is 39.5 Å². The molecule has 41 heavy (non-hydrogen) atoms. The molecule has 0 atom stereocenters. The van der Waals surface area contributed by atoms with E-state index in [1.165, 1.54) is 0 Å². The quantitative estimate of drug-likeness (QED) is 0.0865. The van der Waals surface area contributed by atoms with E-state index < -0.39 is 11.9 Å². The molecular weight excluding hydrogens is 520 g/mol. The van der Waals surface area contributed by atoms with E-state index in [1.807, 2.05) is 67.6 Å². The van der Waals surface area contributed by atoms with E-state index in [2.05, 4.69) is 19.7 Å². The van der Waals surface area contributed by atoms with Crippen LogP contribution in [0.3, 0.4) is 0 Å². The largest absolute Gasteiger partial charge is 0.490 e. The second-order valence-corrected chi connectivity index (χ2v) is 9.57. The first-order chi connectivity index (χ1) is 19.6. The lowest BCUT2D eigenvalue weighted by atomic mass is 10.00. The molecule has 3 aromatic carbocycles. The Morgan fingerprint density at radius 3 is 1.37 bits per heavy atom. The SMILES string of the molecule is C=C(C)COc1ccc(-c2ccc(-c3cc(OCCOC(=O)C(=C)C)cc(OCCOC(=O)C(=C)C)c3)cc2)cc1. The van der Waals surface area contributed by atoms with Crippen LogP contribution < -0.4 is 14.2 Å². The zero-order valence-electron chi connectivity index (χ0n) is 23.9. The molecule has 0 aliphatic rings. The van der Waals surface area contributed by atoms with E-state index in [1.54, 1.807) is 19.9 Å². The van der Waals surface area contributed by atoms with E-state index in [9.17, 15) is 9.59 Å². The number of hydrogen-bond acceptors (Lipinski definition) is 7. The first kappa shape index (κ1) is 30.8. The minimum atomic E-state index is -0.468. The Balaban J connectivity index is 1.73. The molecule has 0 saturated carbocycles. The van der Waals surface area contributed by atoms with E-state index in [0.717, 1.165) is 33.6 Å². The highest BCUT2D eigenvalue weighted by Gasteiger charge is 2.09. The van der Waals surface area contributed by atoms with Gasteiger partial charge in [0.15, 0.2) is 0 Å². The summed E-state index contributed by atoms with van der Waals surface area (Å²) in [6, 6.07) is 21.6. The highest BCUT2D eigenvalue weighted by atomic mass is 16.6. The standard InChI is InChI=1S/C34H36O7/c1-23(2)22-41-30-13-11-27(12-14-30)26-7-9-28(10-8-26)29-19-31(37-15-17-39-33(35)24(3)4)21-32(20-29)38-16-18-40-34(36)25(5)6/h7-14,19-21H,1,3,5,15-18,22H2,2,4,6H3. The van der Waals surface area contributed by atoms with Crippen LogP contribution in [-0.2, 0) is 19.1 Å². The first-order valence-corrected chi connectivity index (χ1v) is 13.2. The summed E-state index contributed by atoms with van der Waals surface area (Å²) in [6.45, 7) is 17.1. The molecule has 7 heteroatoms. The number of carbonyl (C=O) groups is 2. The molecule has 0 aromatic heterocycles. The molecule has 3 aromatic rings. The average Bonchev–Trinajstić information content (AvgIpc) is 2.96. The van der Waals surface area contributed by atoms with Crippen molar-refractivity contribution in [3.63, 3.8) is 0 Å². The highest BCUT2D eigenvalue weighted by Crippen LogP contribution is 2.32. The van der Waals surface area contributed by atoms with Crippen LogP contribution in [0.25, 0.3) is 22.3 Å². The maximum absolute atomic E-state index is 11.6. The topological polar surface area (TPSA) is 80.3 Å². The number of carbonyl (C=O) groups excluding carboxylic acids is 2. The monoisotopic (exact) mass is 556 g/mol. The third kappa shape index (κ3) is 10.0. The summed E-state index contributed by atoms with van der Waals surface area (Å²) in [5.74, 6) is 0.936. The van der Waals surface area contributed by atoms with Gasteiger partial charge in [-0.1, -0.05) is 56.1 Å². The van der Waals surface area contributed by atoms with Gasteiger partial charge in [-0.3, -0.25) is 0 Å². The van der Waals surface area contributed by atoms with E-state index in [4.69, 9.17) is 23.7 Å². The summed E-state index contributed by atoms with van der Waals surface area (Å²) in [7, 11) is 0. The van der Waals surface area contributed by atoms with Gasteiger partial charge in [-0.15, -0.1) is 0 Å². The van der Waals surface area contributed by atoms with Crippen molar-refractivity contribution >= 4 is 11.9 Å². The number of esters is 2. The minimum absolute atomic E-state index is 0.0781. The summed E-state index contributed by atoms with van der Waals surface area (Å²) in [6.07, 6.45) is 0. The number of ether oxygens (including phenoxy) is 5. The molecule has 0 heterocycles. The van der Waals surface area contributed by atoms with E-state index >= 15 is 0 Å². The van der Waals surface area contributed by atoms with Crippen LogP contribution in [0.5, 0.6) is 17.2 Å². The van der Waals surface area contributed by atoms with Gasteiger partial charge in [0.2, 0.25) is 0 Å². The molecule has 0 fully saturated rings. The molecule has 0 aliphatic heterocycles. The fourth-order valence-corrected chi connectivity index (χ4v) is 3.54. The summed E-state index contributed by atoms with van der Waals surface area (Å²) in [5, 5.41) is 0. The fraction of sp³-hybridized carbons (Fsp3) is 0.235. The van der Waals surface area contributed by atoms with Crippen molar-refractivity contribution in [2.75, 3.05) is 33.0 Å². The molecule has 0 spiro atoms. The lowest BCUT2D eigenvalue weighted by Crippen LogP contribution is -2.13. The average molecular weight is 557 g/mol. The van der Waals surface area contributed by atoms with Crippen LogP contribution in [0, 0.1) is 0 Å². The highest BCUT2D eigenvalue weighted by molar-refractivity contribution is 5.87. The van der Waals surface area contributed by atoms with Gasteiger partial charge in [-0.05, 0) is 72.9 Å². The summed E-state index contributed by atoms with van der Waals surface area (Å²) in [4.78, 5) is 23.3. The Morgan fingerprint density at radius 2 is 0.951 bits per heavy atom. The summed E-state index contributed by atoms with van der Waals surface area (Å²) < 4.78 is 27.6.